The zero-order valence-corrected chi connectivity index (χ0v) is 13.3. The molecule has 0 radical (unpaired) electrons. The lowest BCUT2D eigenvalue weighted by Crippen LogP contribution is -2.46. The summed E-state index contributed by atoms with van der Waals surface area (Å²) in [6, 6.07) is 6.75. The predicted molar refractivity (Wildman–Crippen MR) is 82.3 cm³/mol. The Morgan fingerprint density at radius 2 is 2.00 bits per heavy atom. The molecule has 0 aliphatic rings. The van der Waals surface area contributed by atoms with Gasteiger partial charge in [0.1, 0.15) is 0 Å². The van der Waals surface area contributed by atoms with Gasteiger partial charge in [-0.1, -0.05) is 13.0 Å². The summed E-state index contributed by atoms with van der Waals surface area (Å²) in [6.45, 7) is 16.1. The van der Waals surface area contributed by atoms with Crippen molar-refractivity contribution >= 4 is 0 Å². The second-order valence-electron chi connectivity index (χ2n) is 6.31. The van der Waals surface area contributed by atoms with Crippen LogP contribution in [0.4, 0.5) is 0 Å². The van der Waals surface area contributed by atoms with E-state index in [4.69, 9.17) is 0 Å². The van der Waals surface area contributed by atoms with Crippen molar-refractivity contribution in [3.63, 3.8) is 0 Å². The zero-order valence-electron chi connectivity index (χ0n) is 13.3. The molecule has 0 saturated heterocycles. The van der Waals surface area contributed by atoms with Crippen LogP contribution in [0.25, 0.3) is 0 Å². The molecule has 0 fully saturated rings. The van der Waals surface area contributed by atoms with Crippen LogP contribution >= 0.6 is 0 Å². The van der Waals surface area contributed by atoms with Crippen LogP contribution in [-0.2, 0) is 6.54 Å². The third-order valence-electron chi connectivity index (χ3n) is 3.27. The molecule has 1 aromatic heterocycles. The number of hydrogen-bond acceptors (Lipinski definition) is 3. The van der Waals surface area contributed by atoms with E-state index in [0.29, 0.717) is 6.04 Å². The molecule has 1 unspecified atom stereocenters. The number of nitrogens with one attached hydrogen (secondary N) is 1. The largest absolute Gasteiger partial charge is 0.311 e. The molecule has 1 aromatic rings. The number of pyridine rings is 1. The number of hydrogen-bond donors (Lipinski definition) is 1. The highest BCUT2D eigenvalue weighted by Gasteiger charge is 2.16. The molecule has 19 heavy (non-hydrogen) atoms. The Hall–Kier alpha value is -0.930. The average molecular weight is 263 g/mol. The van der Waals surface area contributed by atoms with Crippen molar-refractivity contribution in [1.29, 1.82) is 0 Å². The number of aromatic nitrogens is 1. The maximum Gasteiger partial charge on any atom is 0.0547 e. The van der Waals surface area contributed by atoms with Gasteiger partial charge >= 0.3 is 0 Å². The van der Waals surface area contributed by atoms with Gasteiger partial charge in [-0.3, -0.25) is 9.88 Å². The molecule has 0 aliphatic heterocycles. The Bertz CT molecular complexity index is 382. The molecule has 1 atom stereocenters. The van der Waals surface area contributed by atoms with Crippen LogP contribution in [0.2, 0.25) is 0 Å². The Morgan fingerprint density at radius 1 is 1.32 bits per heavy atom. The number of aryl methyl sites for hydroxylation is 1. The zero-order chi connectivity index (χ0) is 14.5. The lowest BCUT2D eigenvalue weighted by molar-refractivity contribution is 0.193. The number of rotatable bonds is 6. The summed E-state index contributed by atoms with van der Waals surface area (Å²) in [5.41, 5.74) is 2.42. The highest BCUT2D eigenvalue weighted by atomic mass is 15.2. The molecular weight excluding hydrogens is 234 g/mol. The van der Waals surface area contributed by atoms with Crippen LogP contribution < -0.4 is 5.32 Å². The quantitative estimate of drug-likeness (QED) is 0.855. The fourth-order valence-electron chi connectivity index (χ4n) is 2.06. The lowest BCUT2D eigenvalue weighted by Gasteiger charge is -2.31. The summed E-state index contributed by atoms with van der Waals surface area (Å²) in [4.78, 5) is 7.05. The van der Waals surface area contributed by atoms with Crippen LogP contribution in [0.15, 0.2) is 18.2 Å². The first-order chi connectivity index (χ1) is 8.81. The van der Waals surface area contributed by atoms with E-state index < -0.39 is 0 Å². The molecule has 0 saturated carbocycles. The van der Waals surface area contributed by atoms with Crippen molar-refractivity contribution in [3.8, 4) is 0 Å². The second-order valence-corrected chi connectivity index (χ2v) is 6.31. The molecule has 1 N–H and O–H groups in total. The van der Waals surface area contributed by atoms with Gasteiger partial charge in [-0.15, -0.1) is 0 Å². The van der Waals surface area contributed by atoms with E-state index in [9.17, 15) is 0 Å². The summed E-state index contributed by atoms with van der Waals surface area (Å²) in [5.74, 6) is 0. The molecule has 0 aromatic carbocycles. The molecule has 3 heteroatoms. The minimum atomic E-state index is 0.176. The van der Waals surface area contributed by atoms with Crippen LogP contribution in [-0.4, -0.2) is 34.6 Å². The number of likely N-dealkylation sites (N-methyl/N-ethyl adjacent to an activating group) is 1. The van der Waals surface area contributed by atoms with Gasteiger partial charge in [-0.25, -0.2) is 0 Å². The standard InChI is InChI=1S/C16H29N3/c1-7-19(14(3)11-17-16(4,5)6)12-15-10-8-9-13(2)18-15/h8-10,14,17H,7,11-12H2,1-6H3. The smallest absolute Gasteiger partial charge is 0.0547 e. The van der Waals surface area contributed by atoms with E-state index in [1.54, 1.807) is 0 Å². The van der Waals surface area contributed by atoms with Crippen molar-refractivity contribution in [2.24, 2.45) is 0 Å². The topological polar surface area (TPSA) is 28.2 Å². The van der Waals surface area contributed by atoms with Crippen LogP contribution in [0, 0.1) is 6.92 Å². The maximum atomic E-state index is 4.59. The SMILES string of the molecule is CCN(Cc1cccc(C)n1)C(C)CNC(C)(C)C. The Labute approximate surface area is 118 Å². The Kier molecular flexibility index (Phi) is 5.95. The molecule has 0 aliphatic carbocycles. The first kappa shape index (κ1) is 16.1. The summed E-state index contributed by atoms with van der Waals surface area (Å²) in [7, 11) is 0. The minimum absolute atomic E-state index is 0.176. The van der Waals surface area contributed by atoms with Crippen molar-refractivity contribution in [3.05, 3.63) is 29.6 Å². The fourth-order valence-corrected chi connectivity index (χ4v) is 2.06. The Morgan fingerprint density at radius 3 is 2.53 bits per heavy atom. The maximum absolute atomic E-state index is 4.59. The summed E-state index contributed by atoms with van der Waals surface area (Å²) in [6.07, 6.45) is 0. The predicted octanol–water partition coefficient (Wildman–Crippen LogP) is 2.99. The van der Waals surface area contributed by atoms with Gasteiger partial charge in [-0.2, -0.15) is 0 Å². The van der Waals surface area contributed by atoms with Gasteiger partial charge in [0.05, 0.1) is 5.69 Å². The lowest BCUT2D eigenvalue weighted by atomic mass is 10.1. The summed E-state index contributed by atoms with van der Waals surface area (Å²) >= 11 is 0. The van der Waals surface area contributed by atoms with Gasteiger partial charge in [0.15, 0.2) is 0 Å². The van der Waals surface area contributed by atoms with Gasteiger partial charge in [0.25, 0.3) is 0 Å². The van der Waals surface area contributed by atoms with Crippen molar-refractivity contribution in [2.75, 3.05) is 13.1 Å². The van der Waals surface area contributed by atoms with E-state index in [2.05, 4.69) is 62.0 Å². The molecular formula is C16H29N3. The molecule has 0 amide bonds. The van der Waals surface area contributed by atoms with Crippen LogP contribution in [0.5, 0.6) is 0 Å². The first-order valence-electron chi connectivity index (χ1n) is 7.23. The monoisotopic (exact) mass is 263 g/mol. The highest BCUT2D eigenvalue weighted by molar-refractivity contribution is 5.09. The second kappa shape index (κ2) is 7.01. The molecule has 1 heterocycles. The van der Waals surface area contributed by atoms with Gasteiger partial charge < -0.3 is 5.32 Å². The average Bonchev–Trinajstić information content (AvgIpc) is 2.32. The van der Waals surface area contributed by atoms with Gasteiger partial charge in [0.2, 0.25) is 0 Å². The normalized spacial score (nSPS) is 13.8. The third-order valence-corrected chi connectivity index (χ3v) is 3.27. The van der Waals surface area contributed by atoms with E-state index in [1.165, 1.54) is 0 Å². The molecule has 3 nitrogen and oxygen atoms in total. The first-order valence-corrected chi connectivity index (χ1v) is 7.23. The van der Waals surface area contributed by atoms with E-state index in [0.717, 1.165) is 31.0 Å². The fraction of sp³-hybridized carbons (Fsp3) is 0.688. The number of nitrogens with zero attached hydrogens (tertiary/aromatic N) is 2. The van der Waals surface area contributed by atoms with Crippen LogP contribution in [0.1, 0.15) is 46.0 Å². The molecule has 108 valence electrons. The van der Waals surface area contributed by atoms with E-state index >= 15 is 0 Å². The highest BCUT2D eigenvalue weighted by Crippen LogP contribution is 2.08. The Balaban J connectivity index is 2.57. The van der Waals surface area contributed by atoms with Crippen LogP contribution in [0.3, 0.4) is 0 Å². The summed E-state index contributed by atoms with van der Waals surface area (Å²) < 4.78 is 0. The molecule has 1 rings (SSSR count). The van der Waals surface area contributed by atoms with Crippen molar-refractivity contribution < 1.29 is 0 Å². The minimum Gasteiger partial charge on any atom is -0.311 e. The third kappa shape index (κ3) is 6.17. The summed E-state index contributed by atoms with van der Waals surface area (Å²) in [5, 5.41) is 3.57. The molecule has 0 spiro atoms. The molecule has 0 bridgehead atoms. The van der Waals surface area contributed by atoms with Gasteiger partial charge in [0, 0.05) is 30.4 Å². The van der Waals surface area contributed by atoms with E-state index in [1.807, 2.05) is 13.0 Å². The van der Waals surface area contributed by atoms with Crippen molar-refractivity contribution in [2.45, 2.75) is 59.7 Å². The van der Waals surface area contributed by atoms with Gasteiger partial charge in [-0.05, 0) is 53.3 Å². The van der Waals surface area contributed by atoms with E-state index in [-0.39, 0.29) is 5.54 Å². The van der Waals surface area contributed by atoms with Crippen molar-refractivity contribution in [1.82, 2.24) is 15.2 Å².